The van der Waals surface area contributed by atoms with Gasteiger partial charge in [0.25, 0.3) is 5.91 Å². The summed E-state index contributed by atoms with van der Waals surface area (Å²) in [4.78, 5) is 16.9. The number of halogens is 3. The molecule has 2 aromatic rings. The summed E-state index contributed by atoms with van der Waals surface area (Å²) >= 11 is 0. The molecule has 1 fully saturated rings. The van der Waals surface area contributed by atoms with Gasteiger partial charge in [0, 0.05) is 25.2 Å². The highest BCUT2D eigenvalue weighted by Gasteiger charge is 2.32. The van der Waals surface area contributed by atoms with Crippen molar-refractivity contribution >= 4 is 5.91 Å². The molecule has 1 unspecified atom stereocenters. The van der Waals surface area contributed by atoms with E-state index in [0.29, 0.717) is 29.9 Å². The summed E-state index contributed by atoms with van der Waals surface area (Å²) in [6.07, 6.45) is -1.43. The number of hydrogen-bond donors (Lipinski definition) is 1. The number of rotatable bonds is 2. The molecule has 0 bridgehead atoms. The van der Waals surface area contributed by atoms with E-state index < -0.39 is 11.7 Å². The summed E-state index contributed by atoms with van der Waals surface area (Å²) in [6, 6.07) is 8.72. The lowest BCUT2D eigenvalue weighted by molar-refractivity contribution is -0.137. The Balaban J connectivity index is 1.77. The van der Waals surface area contributed by atoms with Crippen LogP contribution in [0.2, 0.25) is 0 Å². The summed E-state index contributed by atoms with van der Waals surface area (Å²) in [5, 5.41) is 8.83. The quantitative estimate of drug-likeness (QED) is 0.895. The van der Waals surface area contributed by atoms with E-state index in [4.69, 9.17) is 5.26 Å². The SMILES string of the molecule is N#Cc1cc(C(=O)N2CCCC(c3cccc(C(F)(F)F)c3)C2)c[nH]1. The van der Waals surface area contributed by atoms with Crippen molar-refractivity contribution in [1.82, 2.24) is 9.88 Å². The van der Waals surface area contributed by atoms with Crippen LogP contribution in [0.3, 0.4) is 0 Å². The van der Waals surface area contributed by atoms with E-state index in [1.54, 1.807) is 11.0 Å². The predicted octanol–water partition coefficient (Wildman–Crippen LogP) is 3.92. The lowest BCUT2D eigenvalue weighted by atomic mass is 9.89. The summed E-state index contributed by atoms with van der Waals surface area (Å²) < 4.78 is 38.7. The molecule has 2 heterocycles. The molecule has 25 heavy (non-hydrogen) atoms. The van der Waals surface area contributed by atoms with Crippen molar-refractivity contribution in [1.29, 1.82) is 5.26 Å². The van der Waals surface area contributed by atoms with E-state index in [2.05, 4.69) is 4.98 Å². The molecule has 7 heteroatoms. The molecule has 1 amide bonds. The second-order valence-electron chi connectivity index (χ2n) is 6.13. The predicted molar refractivity (Wildman–Crippen MR) is 84.8 cm³/mol. The highest BCUT2D eigenvalue weighted by atomic mass is 19.4. The summed E-state index contributed by atoms with van der Waals surface area (Å²) in [5.41, 5.74) is 0.618. The number of nitrogens with one attached hydrogen (secondary N) is 1. The number of benzene rings is 1. The van der Waals surface area contributed by atoms with E-state index >= 15 is 0 Å². The van der Waals surface area contributed by atoms with Gasteiger partial charge in [0.05, 0.1) is 11.1 Å². The van der Waals surface area contributed by atoms with Crippen LogP contribution in [0.1, 0.15) is 45.9 Å². The van der Waals surface area contributed by atoms with Crippen molar-refractivity contribution < 1.29 is 18.0 Å². The van der Waals surface area contributed by atoms with E-state index in [1.807, 2.05) is 6.07 Å². The molecule has 0 saturated carbocycles. The molecule has 130 valence electrons. The lowest BCUT2D eigenvalue weighted by Crippen LogP contribution is -2.39. The summed E-state index contributed by atoms with van der Waals surface area (Å²) in [6.45, 7) is 0.925. The van der Waals surface area contributed by atoms with Crippen molar-refractivity contribution in [3.05, 3.63) is 58.9 Å². The second-order valence-corrected chi connectivity index (χ2v) is 6.13. The zero-order valence-electron chi connectivity index (χ0n) is 13.3. The highest BCUT2D eigenvalue weighted by Crippen LogP contribution is 2.33. The minimum atomic E-state index is -4.38. The number of nitrogens with zero attached hydrogens (tertiary/aromatic N) is 2. The maximum atomic E-state index is 12.9. The highest BCUT2D eigenvalue weighted by molar-refractivity contribution is 5.94. The maximum absolute atomic E-state index is 12.9. The van der Waals surface area contributed by atoms with E-state index in [-0.39, 0.29) is 11.8 Å². The van der Waals surface area contributed by atoms with Crippen LogP contribution < -0.4 is 0 Å². The monoisotopic (exact) mass is 347 g/mol. The first-order valence-corrected chi connectivity index (χ1v) is 7.93. The molecule has 1 atom stereocenters. The van der Waals surface area contributed by atoms with Gasteiger partial charge in [-0.2, -0.15) is 18.4 Å². The van der Waals surface area contributed by atoms with Gasteiger partial charge >= 0.3 is 6.18 Å². The average Bonchev–Trinajstić information content (AvgIpc) is 3.10. The van der Waals surface area contributed by atoms with Crippen LogP contribution in [0.15, 0.2) is 36.5 Å². The molecule has 4 nitrogen and oxygen atoms in total. The molecule has 0 aliphatic carbocycles. The number of carbonyl (C=O) groups excluding carboxylic acids is 1. The first kappa shape index (κ1) is 17.1. The number of alkyl halides is 3. The van der Waals surface area contributed by atoms with Gasteiger partial charge in [-0.15, -0.1) is 0 Å². The van der Waals surface area contributed by atoms with Crippen LogP contribution >= 0.6 is 0 Å². The number of nitriles is 1. The van der Waals surface area contributed by atoms with Crippen LogP contribution in [-0.4, -0.2) is 28.9 Å². The Labute approximate surface area is 142 Å². The van der Waals surface area contributed by atoms with E-state index in [1.165, 1.54) is 24.4 Å². The Kier molecular flexibility index (Phi) is 4.53. The Bertz CT molecular complexity index is 819. The third-order valence-corrected chi connectivity index (χ3v) is 4.44. The summed E-state index contributed by atoms with van der Waals surface area (Å²) in [5.74, 6) is -0.344. The molecular weight excluding hydrogens is 331 g/mol. The van der Waals surface area contributed by atoms with Crippen LogP contribution in [-0.2, 0) is 6.18 Å². The first-order valence-electron chi connectivity index (χ1n) is 7.93. The fourth-order valence-electron chi connectivity index (χ4n) is 3.17. The van der Waals surface area contributed by atoms with Crippen molar-refractivity contribution in [2.24, 2.45) is 0 Å². The second kappa shape index (κ2) is 6.63. The van der Waals surface area contributed by atoms with E-state index in [9.17, 15) is 18.0 Å². The molecule has 1 aliphatic heterocycles. The van der Waals surface area contributed by atoms with Gasteiger partial charge in [-0.05, 0) is 30.5 Å². The zero-order valence-corrected chi connectivity index (χ0v) is 13.3. The molecule has 0 spiro atoms. The molecule has 3 rings (SSSR count). The smallest absolute Gasteiger partial charge is 0.352 e. The number of aromatic nitrogens is 1. The average molecular weight is 347 g/mol. The number of carbonyl (C=O) groups is 1. The molecule has 1 aliphatic rings. The molecule has 1 saturated heterocycles. The van der Waals surface area contributed by atoms with Gasteiger partial charge in [0.15, 0.2) is 0 Å². The fraction of sp³-hybridized carbons (Fsp3) is 0.333. The van der Waals surface area contributed by atoms with Gasteiger partial charge in [0.1, 0.15) is 11.8 Å². The fourth-order valence-corrected chi connectivity index (χ4v) is 3.17. The molecule has 0 radical (unpaired) electrons. The number of hydrogen-bond acceptors (Lipinski definition) is 2. The zero-order chi connectivity index (χ0) is 18.0. The molecule has 1 N–H and O–H groups in total. The first-order chi connectivity index (χ1) is 11.9. The molecule has 1 aromatic carbocycles. The minimum absolute atomic E-state index is 0.130. The number of aromatic amines is 1. The van der Waals surface area contributed by atoms with Gasteiger partial charge in [0.2, 0.25) is 0 Å². The summed E-state index contributed by atoms with van der Waals surface area (Å²) in [7, 11) is 0. The van der Waals surface area contributed by atoms with Crippen LogP contribution in [0.25, 0.3) is 0 Å². The topological polar surface area (TPSA) is 59.9 Å². The Morgan fingerprint density at radius 2 is 2.12 bits per heavy atom. The number of likely N-dealkylation sites (tertiary alicyclic amines) is 1. The number of amides is 1. The minimum Gasteiger partial charge on any atom is -0.352 e. The van der Waals surface area contributed by atoms with Crippen molar-refractivity contribution in [2.75, 3.05) is 13.1 Å². The molecule has 1 aromatic heterocycles. The lowest BCUT2D eigenvalue weighted by Gasteiger charge is -2.33. The van der Waals surface area contributed by atoms with Gasteiger partial charge in [-0.3, -0.25) is 4.79 Å². The normalized spacial score (nSPS) is 18.0. The largest absolute Gasteiger partial charge is 0.416 e. The third-order valence-electron chi connectivity index (χ3n) is 4.44. The van der Waals surface area contributed by atoms with Crippen LogP contribution in [0.5, 0.6) is 0 Å². The van der Waals surface area contributed by atoms with Crippen LogP contribution in [0.4, 0.5) is 13.2 Å². The number of piperidine rings is 1. The Hall–Kier alpha value is -2.75. The van der Waals surface area contributed by atoms with Gasteiger partial charge in [-0.25, -0.2) is 0 Å². The van der Waals surface area contributed by atoms with Crippen LogP contribution in [0, 0.1) is 11.3 Å². The molecular formula is C18H16F3N3O. The van der Waals surface area contributed by atoms with Crippen molar-refractivity contribution in [3.63, 3.8) is 0 Å². The van der Waals surface area contributed by atoms with Gasteiger partial charge < -0.3 is 9.88 Å². The maximum Gasteiger partial charge on any atom is 0.416 e. The van der Waals surface area contributed by atoms with Gasteiger partial charge in [-0.1, -0.05) is 18.2 Å². The van der Waals surface area contributed by atoms with Crippen molar-refractivity contribution in [2.45, 2.75) is 24.9 Å². The Morgan fingerprint density at radius 1 is 1.32 bits per heavy atom. The third kappa shape index (κ3) is 3.68. The standard InChI is InChI=1S/C18H16F3N3O/c19-18(20,21)15-5-1-3-12(7-15)13-4-2-6-24(11-13)17(25)14-8-16(9-22)23-10-14/h1,3,5,7-8,10,13,23H,2,4,6,11H2. The van der Waals surface area contributed by atoms with Crippen molar-refractivity contribution in [3.8, 4) is 6.07 Å². The van der Waals surface area contributed by atoms with E-state index in [0.717, 1.165) is 18.9 Å². The number of H-pyrrole nitrogens is 1. The Morgan fingerprint density at radius 3 is 2.80 bits per heavy atom.